The molecule has 0 unspecified atom stereocenters. The summed E-state index contributed by atoms with van der Waals surface area (Å²) in [5.74, 6) is -0.124. The van der Waals surface area contributed by atoms with E-state index in [0.717, 1.165) is 44.0 Å². The Morgan fingerprint density at radius 1 is 0.800 bits per heavy atom. The third-order valence-electron chi connectivity index (χ3n) is 5.35. The maximum Gasteiger partial charge on any atom is 0.248 e. The molecule has 4 heteroatoms. The summed E-state index contributed by atoms with van der Waals surface area (Å²) in [5.41, 5.74) is 4.43. The Labute approximate surface area is 178 Å². The maximum absolute atomic E-state index is 12.0. The molecule has 0 aliphatic carbocycles. The summed E-state index contributed by atoms with van der Waals surface area (Å²) in [5, 5.41) is 2.86. The first-order valence-electron chi connectivity index (χ1n) is 10.4. The van der Waals surface area contributed by atoms with E-state index in [-0.39, 0.29) is 5.91 Å². The zero-order valence-corrected chi connectivity index (χ0v) is 17.1. The molecule has 0 spiro atoms. The van der Waals surface area contributed by atoms with Gasteiger partial charge in [0, 0.05) is 50.2 Å². The first kappa shape index (κ1) is 19.9. The van der Waals surface area contributed by atoms with E-state index in [1.54, 1.807) is 6.08 Å². The molecule has 30 heavy (non-hydrogen) atoms. The van der Waals surface area contributed by atoms with E-state index in [1.807, 2.05) is 36.4 Å². The van der Waals surface area contributed by atoms with Crippen LogP contribution < -0.4 is 10.2 Å². The number of nitrogens with one attached hydrogen (secondary N) is 1. The summed E-state index contributed by atoms with van der Waals surface area (Å²) in [6, 6.07) is 28.6. The number of amides is 1. The fourth-order valence-corrected chi connectivity index (χ4v) is 3.67. The number of anilines is 2. The van der Waals surface area contributed by atoms with Gasteiger partial charge in [0.2, 0.25) is 5.91 Å². The van der Waals surface area contributed by atoms with E-state index in [0.29, 0.717) is 0 Å². The van der Waals surface area contributed by atoms with Crippen molar-refractivity contribution in [2.24, 2.45) is 0 Å². The van der Waals surface area contributed by atoms with Crippen LogP contribution in [-0.2, 0) is 11.3 Å². The molecule has 152 valence electrons. The van der Waals surface area contributed by atoms with Gasteiger partial charge in [-0.15, -0.1) is 0 Å². The van der Waals surface area contributed by atoms with Crippen LogP contribution in [0.4, 0.5) is 11.4 Å². The van der Waals surface area contributed by atoms with E-state index in [2.05, 4.69) is 69.7 Å². The highest BCUT2D eigenvalue weighted by Crippen LogP contribution is 2.17. The molecule has 0 bridgehead atoms. The molecule has 0 saturated carbocycles. The lowest BCUT2D eigenvalue weighted by atomic mass is 10.1. The van der Waals surface area contributed by atoms with Gasteiger partial charge in [0.05, 0.1) is 0 Å². The second-order valence-electron chi connectivity index (χ2n) is 7.53. The van der Waals surface area contributed by atoms with Gasteiger partial charge in [0.1, 0.15) is 0 Å². The van der Waals surface area contributed by atoms with E-state index in [1.165, 1.54) is 11.3 Å². The van der Waals surface area contributed by atoms with Gasteiger partial charge in [-0.05, 0) is 41.5 Å². The Morgan fingerprint density at radius 3 is 2.10 bits per heavy atom. The van der Waals surface area contributed by atoms with Gasteiger partial charge in [-0.25, -0.2) is 0 Å². The van der Waals surface area contributed by atoms with Crippen molar-refractivity contribution >= 4 is 23.4 Å². The average Bonchev–Trinajstić information content (AvgIpc) is 2.80. The Balaban J connectivity index is 1.25. The highest BCUT2D eigenvalue weighted by Gasteiger charge is 2.17. The molecule has 1 fully saturated rings. The van der Waals surface area contributed by atoms with Crippen molar-refractivity contribution in [3.63, 3.8) is 0 Å². The topological polar surface area (TPSA) is 35.6 Å². The number of benzene rings is 3. The molecule has 4 rings (SSSR count). The number of para-hydroxylation sites is 2. The number of nitrogens with zero attached hydrogens (tertiary/aromatic N) is 2. The molecule has 0 aromatic heterocycles. The molecule has 4 nitrogen and oxygen atoms in total. The number of rotatable bonds is 6. The first-order chi connectivity index (χ1) is 14.8. The Hall–Kier alpha value is -3.37. The van der Waals surface area contributed by atoms with Crippen LogP contribution >= 0.6 is 0 Å². The van der Waals surface area contributed by atoms with Crippen molar-refractivity contribution < 1.29 is 4.79 Å². The minimum absolute atomic E-state index is 0.124. The summed E-state index contributed by atoms with van der Waals surface area (Å²) in [6.07, 6.45) is 3.42. The molecule has 0 radical (unpaired) electrons. The van der Waals surface area contributed by atoms with Gasteiger partial charge in [-0.2, -0.15) is 0 Å². The average molecular weight is 398 g/mol. The fraction of sp³-hybridized carbons (Fsp3) is 0.192. The Morgan fingerprint density at radius 2 is 1.43 bits per heavy atom. The van der Waals surface area contributed by atoms with Crippen LogP contribution in [0.15, 0.2) is 91.0 Å². The van der Waals surface area contributed by atoms with Crippen LogP contribution in [-0.4, -0.2) is 37.0 Å². The first-order valence-corrected chi connectivity index (χ1v) is 10.4. The van der Waals surface area contributed by atoms with Crippen molar-refractivity contribution in [1.29, 1.82) is 0 Å². The summed E-state index contributed by atoms with van der Waals surface area (Å²) in [4.78, 5) is 17.0. The van der Waals surface area contributed by atoms with E-state index < -0.39 is 0 Å². The summed E-state index contributed by atoms with van der Waals surface area (Å²) >= 11 is 0. The molecular weight excluding hydrogens is 370 g/mol. The van der Waals surface area contributed by atoms with Crippen molar-refractivity contribution in [2.75, 3.05) is 36.4 Å². The monoisotopic (exact) mass is 397 g/mol. The van der Waals surface area contributed by atoms with Crippen molar-refractivity contribution in [3.8, 4) is 0 Å². The second-order valence-corrected chi connectivity index (χ2v) is 7.53. The molecule has 0 atom stereocenters. The standard InChI is InChI=1S/C26H27N3O/c30-26(27-24-7-3-1-4-8-24)16-15-22-11-13-23(14-12-22)21-28-17-19-29(20-18-28)25-9-5-2-6-10-25/h1-16H,17-21H2,(H,27,30)/b16-15+. The highest BCUT2D eigenvalue weighted by atomic mass is 16.1. The van der Waals surface area contributed by atoms with Crippen molar-refractivity contribution in [3.05, 3.63) is 102 Å². The Kier molecular flexibility index (Phi) is 6.58. The quantitative estimate of drug-likeness (QED) is 0.615. The van der Waals surface area contributed by atoms with Gasteiger partial charge in [-0.1, -0.05) is 60.7 Å². The van der Waals surface area contributed by atoms with Crippen LogP contribution in [0.5, 0.6) is 0 Å². The summed E-state index contributed by atoms with van der Waals surface area (Å²) in [6.45, 7) is 5.20. The van der Waals surface area contributed by atoms with E-state index in [9.17, 15) is 4.79 Å². The van der Waals surface area contributed by atoms with Crippen LogP contribution in [0.2, 0.25) is 0 Å². The Bertz CT molecular complexity index is 960. The fourth-order valence-electron chi connectivity index (χ4n) is 3.67. The number of carbonyl (C=O) groups is 1. The molecule has 3 aromatic rings. The molecule has 1 amide bonds. The minimum Gasteiger partial charge on any atom is -0.369 e. The predicted molar refractivity (Wildman–Crippen MR) is 124 cm³/mol. The number of carbonyl (C=O) groups excluding carboxylic acids is 1. The SMILES string of the molecule is O=C(/C=C/c1ccc(CN2CCN(c3ccccc3)CC2)cc1)Nc1ccccc1. The predicted octanol–water partition coefficient (Wildman–Crippen LogP) is 4.66. The third-order valence-corrected chi connectivity index (χ3v) is 5.35. The molecule has 1 aliphatic rings. The minimum atomic E-state index is -0.124. The lowest BCUT2D eigenvalue weighted by Gasteiger charge is -2.36. The molecule has 1 saturated heterocycles. The largest absolute Gasteiger partial charge is 0.369 e. The number of hydrogen-bond donors (Lipinski definition) is 1. The molecule has 1 heterocycles. The molecule has 3 aromatic carbocycles. The van der Waals surface area contributed by atoms with Gasteiger partial charge in [0.15, 0.2) is 0 Å². The maximum atomic E-state index is 12.0. The van der Waals surface area contributed by atoms with Crippen LogP contribution in [0.3, 0.4) is 0 Å². The van der Waals surface area contributed by atoms with Crippen molar-refractivity contribution in [1.82, 2.24) is 4.90 Å². The highest BCUT2D eigenvalue weighted by molar-refractivity contribution is 6.01. The van der Waals surface area contributed by atoms with Gasteiger partial charge in [-0.3, -0.25) is 9.69 Å². The number of piperazine rings is 1. The zero-order valence-electron chi connectivity index (χ0n) is 17.1. The summed E-state index contributed by atoms with van der Waals surface area (Å²) in [7, 11) is 0. The normalized spacial score (nSPS) is 14.7. The third kappa shape index (κ3) is 5.58. The molecule has 1 N–H and O–H groups in total. The van der Waals surface area contributed by atoms with Crippen LogP contribution in [0.1, 0.15) is 11.1 Å². The lowest BCUT2D eigenvalue weighted by molar-refractivity contribution is -0.111. The molecule has 1 aliphatic heterocycles. The van der Waals surface area contributed by atoms with Gasteiger partial charge >= 0.3 is 0 Å². The molecular formula is C26H27N3O. The van der Waals surface area contributed by atoms with Crippen LogP contribution in [0, 0.1) is 0 Å². The van der Waals surface area contributed by atoms with E-state index >= 15 is 0 Å². The summed E-state index contributed by atoms with van der Waals surface area (Å²) < 4.78 is 0. The smallest absolute Gasteiger partial charge is 0.248 e. The van der Waals surface area contributed by atoms with Crippen molar-refractivity contribution in [2.45, 2.75) is 6.54 Å². The number of hydrogen-bond acceptors (Lipinski definition) is 3. The lowest BCUT2D eigenvalue weighted by Crippen LogP contribution is -2.45. The van der Waals surface area contributed by atoms with Gasteiger partial charge < -0.3 is 10.2 Å². The van der Waals surface area contributed by atoms with Gasteiger partial charge in [0.25, 0.3) is 0 Å². The van der Waals surface area contributed by atoms with Crippen LogP contribution in [0.25, 0.3) is 6.08 Å². The van der Waals surface area contributed by atoms with E-state index in [4.69, 9.17) is 0 Å². The zero-order chi connectivity index (χ0) is 20.6. The second kappa shape index (κ2) is 9.90.